The molecule has 0 spiro atoms. The molecule has 188 valence electrons. The lowest BCUT2D eigenvalue weighted by molar-refractivity contribution is 0.0515. The van der Waals surface area contributed by atoms with Gasteiger partial charge in [0.15, 0.2) is 18.3 Å². The van der Waals surface area contributed by atoms with E-state index >= 15 is 0 Å². The first kappa shape index (κ1) is 23.4. The quantitative estimate of drug-likeness (QED) is 0.279. The van der Waals surface area contributed by atoms with E-state index in [4.69, 9.17) is 23.7 Å². The summed E-state index contributed by atoms with van der Waals surface area (Å²) in [5, 5.41) is 0. The number of hydrogen-bond donors (Lipinski definition) is 0. The fourth-order valence-electron chi connectivity index (χ4n) is 5.44. The predicted octanol–water partition coefficient (Wildman–Crippen LogP) is 7.01. The summed E-state index contributed by atoms with van der Waals surface area (Å²) in [5.74, 6) is 3.92. The van der Waals surface area contributed by atoms with Crippen LogP contribution in [0.4, 0.5) is 0 Å². The number of hydrogen-bond acceptors (Lipinski definition) is 5. The molecule has 2 heterocycles. The van der Waals surface area contributed by atoms with Gasteiger partial charge in [-0.3, -0.25) is 0 Å². The van der Waals surface area contributed by atoms with Gasteiger partial charge < -0.3 is 23.7 Å². The van der Waals surface area contributed by atoms with Gasteiger partial charge >= 0.3 is 0 Å². The molecule has 5 heteroatoms. The van der Waals surface area contributed by atoms with Crippen LogP contribution >= 0.6 is 0 Å². The molecule has 1 aliphatic carbocycles. The first-order valence-corrected chi connectivity index (χ1v) is 12.6. The molecule has 7 rings (SSSR count). The fourth-order valence-corrected chi connectivity index (χ4v) is 5.44. The molecule has 5 nitrogen and oxygen atoms in total. The number of fused-ring (bicyclic) bond motifs is 3. The Morgan fingerprint density at radius 1 is 0.649 bits per heavy atom. The van der Waals surface area contributed by atoms with Crippen molar-refractivity contribution in [1.82, 2.24) is 0 Å². The van der Waals surface area contributed by atoms with Gasteiger partial charge in [0.2, 0.25) is 0 Å². The van der Waals surface area contributed by atoms with Crippen LogP contribution < -0.4 is 18.9 Å². The monoisotopic (exact) mass is 494 g/mol. The average molecular weight is 495 g/mol. The van der Waals surface area contributed by atoms with Crippen molar-refractivity contribution in [1.29, 1.82) is 0 Å². The minimum absolute atomic E-state index is 0.182. The lowest BCUT2D eigenvalue weighted by atomic mass is 9.82. The van der Waals surface area contributed by atoms with E-state index in [-0.39, 0.29) is 6.79 Å². The largest absolute Gasteiger partial charge is 0.497 e. The molecule has 4 aromatic carbocycles. The van der Waals surface area contributed by atoms with E-state index < -0.39 is 0 Å². The SMILES string of the molecule is COCOc1cc2c3cc1-c1ccc(OC)cc1CCc1ccc(cc1)Oc1c(OC)ccc(c1-3)CC2. The molecule has 0 saturated heterocycles. The van der Waals surface area contributed by atoms with E-state index in [2.05, 4.69) is 42.5 Å². The van der Waals surface area contributed by atoms with Gasteiger partial charge in [-0.15, -0.1) is 0 Å². The van der Waals surface area contributed by atoms with Gasteiger partial charge in [-0.2, -0.15) is 0 Å². The maximum absolute atomic E-state index is 6.55. The Morgan fingerprint density at radius 3 is 2.22 bits per heavy atom. The highest BCUT2D eigenvalue weighted by Gasteiger charge is 2.27. The summed E-state index contributed by atoms with van der Waals surface area (Å²) in [7, 11) is 5.05. The molecular weight excluding hydrogens is 464 g/mol. The first-order chi connectivity index (χ1) is 18.2. The normalized spacial score (nSPS) is 13.3. The molecule has 0 atom stereocenters. The number of aryl methyl sites for hydroxylation is 4. The van der Waals surface area contributed by atoms with Crippen molar-refractivity contribution in [2.24, 2.45) is 0 Å². The number of benzene rings is 4. The second kappa shape index (κ2) is 9.83. The molecule has 0 N–H and O–H groups in total. The Balaban J connectivity index is 1.66. The maximum Gasteiger partial charge on any atom is 0.188 e. The molecule has 0 unspecified atom stereocenters. The van der Waals surface area contributed by atoms with Crippen LogP contribution in [-0.2, 0) is 30.4 Å². The van der Waals surface area contributed by atoms with Crippen LogP contribution in [-0.4, -0.2) is 28.1 Å². The standard InChI is InChI=1S/C32H30O5/c1-33-19-36-30-17-23-9-8-21-10-15-29(35-3)32-31(21)27(23)18-28(30)26-14-13-25(34-2)16-22(26)7-4-20-5-11-24(37-32)12-6-20/h5-6,10-18H,4,7-9,19H2,1-3H3. The summed E-state index contributed by atoms with van der Waals surface area (Å²) in [5.41, 5.74) is 9.30. The maximum atomic E-state index is 6.55. The van der Waals surface area contributed by atoms with Crippen molar-refractivity contribution >= 4 is 0 Å². The van der Waals surface area contributed by atoms with Gasteiger partial charge in [0.25, 0.3) is 0 Å². The van der Waals surface area contributed by atoms with Crippen molar-refractivity contribution in [3.63, 3.8) is 0 Å². The molecule has 0 fully saturated rings. The third-order valence-corrected chi connectivity index (χ3v) is 7.33. The molecule has 0 amide bonds. The van der Waals surface area contributed by atoms with Crippen molar-refractivity contribution in [2.75, 3.05) is 28.1 Å². The highest BCUT2D eigenvalue weighted by molar-refractivity contribution is 5.87. The number of rotatable bonds is 5. The Bertz CT molecular complexity index is 1460. The van der Waals surface area contributed by atoms with Crippen molar-refractivity contribution in [3.05, 3.63) is 89.0 Å². The van der Waals surface area contributed by atoms with E-state index in [1.165, 1.54) is 22.3 Å². The third-order valence-electron chi connectivity index (χ3n) is 7.33. The number of ether oxygens (including phenoxy) is 5. The van der Waals surface area contributed by atoms with Crippen LogP contribution in [0.2, 0.25) is 0 Å². The third kappa shape index (κ3) is 4.30. The van der Waals surface area contributed by atoms with Crippen molar-refractivity contribution < 1.29 is 23.7 Å². The second-order valence-electron chi connectivity index (χ2n) is 9.46. The van der Waals surface area contributed by atoms with Gasteiger partial charge in [-0.1, -0.05) is 24.3 Å². The Hall–Kier alpha value is -3.96. The summed E-state index contributed by atoms with van der Waals surface area (Å²) in [4.78, 5) is 0. The van der Waals surface area contributed by atoms with E-state index in [0.717, 1.165) is 70.9 Å². The van der Waals surface area contributed by atoms with E-state index in [1.807, 2.05) is 24.3 Å². The summed E-state index contributed by atoms with van der Waals surface area (Å²) < 4.78 is 29.4. The van der Waals surface area contributed by atoms with E-state index in [0.29, 0.717) is 5.75 Å². The van der Waals surface area contributed by atoms with Gasteiger partial charge in [0.05, 0.1) is 14.2 Å². The van der Waals surface area contributed by atoms with Gasteiger partial charge in [0.1, 0.15) is 17.2 Å². The van der Waals surface area contributed by atoms with Crippen LogP contribution in [0.1, 0.15) is 22.3 Å². The molecule has 0 aromatic heterocycles. The Labute approximate surface area is 217 Å². The molecule has 0 saturated carbocycles. The minimum atomic E-state index is 0.182. The first-order valence-electron chi connectivity index (χ1n) is 12.6. The smallest absolute Gasteiger partial charge is 0.188 e. The summed E-state index contributed by atoms with van der Waals surface area (Å²) in [6, 6.07) is 23.2. The average Bonchev–Trinajstić information content (AvgIpc) is 2.94. The van der Waals surface area contributed by atoms with Crippen molar-refractivity contribution in [3.8, 4) is 51.0 Å². The van der Waals surface area contributed by atoms with Gasteiger partial charge in [-0.25, -0.2) is 0 Å². The Morgan fingerprint density at radius 2 is 1.43 bits per heavy atom. The highest BCUT2D eigenvalue weighted by Crippen LogP contribution is 2.50. The van der Waals surface area contributed by atoms with Crippen LogP contribution in [0.3, 0.4) is 0 Å². The van der Waals surface area contributed by atoms with E-state index in [9.17, 15) is 0 Å². The van der Waals surface area contributed by atoms with Crippen LogP contribution in [0.5, 0.6) is 28.7 Å². The van der Waals surface area contributed by atoms with E-state index in [1.54, 1.807) is 21.3 Å². The molecule has 2 aliphatic heterocycles. The van der Waals surface area contributed by atoms with Crippen molar-refractivity contribution in [2.45, 2.75) is 25.7 Å². The topological polar surface area (TPSA) is 46.2 Å². The number of methoxy groups -OCH3 is 3. The van der Waals surface area contributed by atoms with Gasteiger partial charge in [0, 0.05) is 18.2 Å². The molecular formula is C32H30O5. The summed E-state index contributed by atoms with van der Waals surface area (Å²) in [6.07, 6.45) is 3.59. The zero-order valence-electron chi connectivity index (χ0n) is 21.4. The summed E-state index contributed by atoms with van der Waals surface area (Å²) in [6.45, 7) is 0.182. The Kier molecular flexibility index (Phi) is 6.23. The van der Waals surface area contributed by atoms with Crippen LogP contribution in [0.25, 0.3) is 22.3 Å². The van der Waals surface area contributed by atoms with Crippen LogP contribution in [0, 0.1) is 0 Å². The molecule has 0 radical (unpaired) electrons. The zero-order valence-corrected chi connectivity index (χ0v) is 21.4. The second-order valence-corrected chi connectivity index (χ2v) is 9.46. The lowest BCUT2D eigenvalue weighted by Crippen LogP contribution is -2.09. The summed E-state index contributed by atoms with van der Waals surface area (Å²) >= 11 is 0. The van der Waals surface area contributed by atoms with Crippen LogP contribution in [0.15, 0.2) is 66.7 Å². The highest BCUT2D eigenvalue weighted by atomic mass is 16.7. The fraction of sp³-hybridized carbons (Fsp3) is 0.250. The van der Waals surface area contributed by atoms with Gasteiger partial charge in [-0.05, 0) is 102 Å². The zero-order chi connectivity index (χ0) is 25.4. The molecule has 37 heavy (non-hydrogen) atoms. The molecule has 4 aromatic rings. The molecule has 4 bridgehead atoms. The minimum Gasteiger partial charge on any atom is -0.497 e. The molecule has 3 aliphatic rings. The predicted molar refractivity (Wildman–Crippen MR) is 144 cm³/mol. The lowest BCUT2D eigenvalue weighted by Gasteiger charge is -2.26.